The number of likely N-dealkylation sites (N-methyl/N-ethyl adjacent to an activating group) is 1. The first-order chi connectivity index (χ1) is 7.60. The maximum absolute atomic E-state index is 10.5. The summed E-state index contributed by atoms with van der Waals surface area (Å²) in [6, 6.07) is 0. The van der Waals surface area contributed by atoms with Crippen LogP contribution in [0.2, 0.25) is 0 Å². The standard InChI is InChI=1S/C10H21NO5/c1-3-11(7-10(13)14)6-9(12)8-16-5-4-15-2/h9,12H,3-8H2,1-2H3,(H,13,14). The largest absolute Gasteiger partial charge is 0.480 e. The predicted octanol–water partition coefficient (Wildman–Crippen LogP) is -0.583. The van der Waals surface area contributed by atoms with Gasteiger partial charge in [-0.15, -0.1) is 0 Å². The van der Waals surface area contributed by atoms with Gasteiger partial charge in [0.25, 0.3) is 0 Å². The van der Waals surface area contributed by atoms with Gasteiger partial charge in [-0.1, -0.05) is 6.92 Å². The molecule has 0 amide bonds. The fourth-order valence-electron chi connectivity index (χ4n) is 1.21. The highest BCUT2D eigenvalue weighted by atomic mass is 16.5. The molecule has 0 aromatic heterocycles. The number of aliphatic hydroxyl groups excluding tert-OH is 1. The molecule has 1 unspecified atom stereocenters. The molecule has 0 bridgehead atoms. The number of aliphatic carboxylic acids is 1. The van der Waals surface area contributed by atoms with E-state index < -0.39 is 12.1 Å². The van der Waals surface area contributed by atoms with E-state index in [2.05, 4.69) is 0 Å². The maximum atomic E-state index is 10.5. The van der Waals surface area contributed by atoms with Crippen LogP contribution in [0, 0.1) is 0 Å². The summed E-state index contributed by atoms with van der Waals surface area (Å²) in [6.45, 7) is 3.78. The fourth-order valence-corrected chi connectivity index (χ4v) is 1.21. The summed E-state index contributed by atoms with van der Waals surface area (Å²) in [7, 11) is 1.57. The van der Waals surface area contributed by atoms with Crippen LogP contribution in [-0.2, 0) is 14.3 Å². The average molecular weight is 235 g/mol. The van der Waals surface area contributed by atoms with Crippen LogP contribution in [0.15, 0.2) is 0 Å². The maximum Gasteiger partial charge on any atom is 0.317 e. The van der Waals surface area contributed by atoms with E-state index in [1.807, 2.05) is 6.92 Å². The van der Waals surface area contributed by atoms with E-state index in [-0.39, 0.29) is 13.2 Å². The summed E-state index contributed by atoms with van der Waals surface area (Å²) in [4.78, 5) is 12.1. The number of hydrogen-bond donors (Lipinski definition) is 2. The average Bonchev–Trinajstić information content (AvgIpc) is 2.23. The van der Waals surface area contributed by atoms with Crippen LogP contribution in [0.5, 0.6) is 0 Å². The van der Waals surface area contributed by atoms with Crippen molar-refractivity contribution in [2.75, 3.05) is 46.6 Å². The Bertz CT molecular complexity index is 188. The molecule has 2 N–H and O–H groups in total. The van der Waals surface area contributed by atoms with Crippen molar-refractivity contribution in [2.45, 2.75) is 13.0 Å². The molecule has 0 aliphatic rings. The van der Waals surface area contributed by atoms with E-state index in [1.54, 1.807) is 12.0 Å². The molecule has 0 saturated carbocycles. The molecule has 0 aromatic rings. The monoisotopic (exact) mass is 235 g/mol. The Morgan fingerprint density at radius 1 is 1.44 bits per heavy atom. The lowest BCUT2D eigenvalue weighted by Crippen LogP contribution is -2.38. The second kappa shape index (κ2) is 9.53. The zero-order chi connectivity index (χ0) is 12.4. The zero-order valence-corrected chi connectivity index (χ0v) is 9.89. The number of nitrogens with zero attached hydrogens (tertiary/aromatic N) is 1. The molecule has 0 heterocycles. The van der Waals surface area contributed by atoms with Crippen molar-refractivity contribution >= 4 is 5.97 Å². The second-order valence-corrected chi connectivity index (χ2v) is 3.44. The van der Waals surface area contributed by atoms with Crippen LogP contribution in [0.1, 0.15) is 6.92 Å². The van der Waals surface area contributed by atoms with Gasteiger partial charge in [0.05, 0.1) is 32.5 Å². The van der Waals surface area contributed by atoms with Crippen LogP contribution in [0.25, 0.3) is 0 Å². The Balaban J connectivity index is 3.65. The summed E-state index contributed by atoms with van der Waals surface area (Å²) in [5, 5.41) is 18.2. The molecule has 6 heteroatoms. The quantitative estimate of drug-likeness (QED) is 0.493. The third-order valence-corrected chi connectivity index (χ3v) is 2.02. The van der Waals surface area contributed by atoms with Crippen molar-refractivity contribution < 1.29 is 24.5 Å². The summed E-state index contributed by atoms with van der Waals surface area (Å²) >= 11 is 0. The minimum absolute atomic E-state index is 0.0639. The number of rotatable bonds is 10. The van der Waals surface area contributed by atoms with Gasteiger partial charge in [0.15, 0.2) is 0 Å². The third kappa shape index (κ3) is 8.60. The lowest BCUT2D eigenvalue weighted by Gasteiger charge is -2.21. The highest BCUT2D eigenvalue weighted by Crippen LogP contribution is 1.94. The second-order valence-electron chi connectivity index (χ2n) is 3.44. The van der Waals surface area contributed by atoms with Crippen LogP contribution in [0.4, 0.5) is 0 Å². The number of carbonyl (C=O) groups is 1. The van der Waals surface area contributed by atoms with Gasteiger partial charge >= 0.3 is 5.97 Å². The number of ether oxygens (including phenoxy) is 2. The van der Waals surface area contributed by atoms with Crippen LogP contribution in [-0.4, -0.2) is 73.8 Å². The van der Waals surface area contributed by atoms with E-state index in [1.165, 1.54) is 0 Å². The predicted molar refractivity (Wildman–Crippen MR) is 58.5 cm³/mol. The SMILES string of the molecule is CCN(CC(=O)O)CC(O)COCCOC. The van der Waals surface area contributed by atoms with E-state index in [4.69, 9.17) is 14.6 Å². The highest BCUT2D eigenvalue weighted by molar-refractivity contribution is 5.69. The molecule has 96 valence electrons. The fraction of sp³-hybridized carbons (Fsp3) is 0.900. The molecule has 0 aliphatic heterocycles. The van der Waals surface area contributed by atoms with Gasteiger partial charge in [0.1, 0.15) is 0 Å². The van der Waals surface area contributed by atoms with E-state index >= 15 is 0 Å². The topological polar surface area (TPSA) is 79.2 Å². The zero-order valence-electron chi connectivity index (χ0n) is 9.89. The molecular weight excluding hydrogens is 214 g/mol. The molecule has 0 aromatic carbocycles. The normalized spacial score (nSPS) is 13.0. The molecule has 0 saturated heterocycles. The summed E-state index contributed by atoms with van der Waals surface area (Å²) < 4.78 is 9.92. The van der Waals surface area contributed by atoms with Crippen molar-refractivity contribution in [3.63, 3.8) is 0 Å². The van der Waals surface area contributed by atoms with Crippen molar-refractivity contribution in [1.82, 2.24) is 4.90 Å². The first kappa shape index (κ1) is 15.3. The van der Waals surface area contributed by atoms with Crippen molar-refractivity contribution in [3.05, 3.63) is 0 Å². The van der Waals surface area contributed by atoms with Gasteiger partial charge in [-0.3, -0.25) is 9.69 Å². The summed E-state index contributed by atoms with van der Waals surface area (Å²) in [5.74, 6) is -0.894. The van der Waals surface area contributed by atoms with Crippen LogP contribution >= 0.6 is 0 Å². The molecule has 6 nitrogen and oxygen atoms in total. The smallest absolute Gasteiger partial charge is 0.317 e. The van der Waals surface area contributed by atoms with Gasteiger partial charge in [-0.05, 0) is 6.54 Å². The lowest BCUT2D eigenvalue weighted by atomic mass is 10.3. The van der Waals surface area contributed by atoms with E-state index in [9.17, 15) is 9.90 Å². The Morgan fingerprint density at radius 3 is 2.62 bits per heavy atom. The molecular formula is C10H21NO5. The molecule has 1 atom stereocenters. The minimum atomic E-state index is -0.894. The summed E-state index contributed by atoms with van der Waals surface area (Å²) in [6.07, 6.45) is -0.670. The van der Waals surface area contributed by atoms with Crippen LogP contribution < -0.4 is 0 Å². The number of hydrogen-bond acceptors (Lipinski definition) is 5. The van der Waals surface area contributed by atoms with Gasteiger partial charge in [0, 0.05) is 13.7 Å². The highest BCUT2D eigenvalue weighted by Gasteiger charge is 2.12. The van der Waals surface area contributed by atoms with E-state index in [0.717, 1.165) is 0 Å². The molecule has 0 aliphatic carbocycles. The van der Waals surface area contributed by atoms with Gasteiger partial charge in [0.2, 0.25) is 0 Å². The van der Waals surface area contributed by atoms with Crippen LogP contribution in [0.3, 0.4) is 0 Å². The molecule has 0 radical (unpaired) electrons. The number of aliphatic hydroxyl groups is 1. The molecule has 0 spiro atoms. The first-order valence-electron chi connectivity index (χ1n) is 5.29. The Morgan fingerprint density at radius 2 is 2.12 bits per heavy atom. The number of carboxylic acid groups (broad SMARTS) is 1. The van der Waals surface area contributed by atoms with Gasteiger partial charge < -0.3 is 19.7 Å². The van der Waals surface area contributed by atoms with Crippen molar-refractivity contribution in [3.8, 4) is 0 Å². The van der Waals surface area contributed by atoms with Crippen molar-refractivity contribution in [2.24, 2.45) is 0 Å². The molecule has 0 fully saturated rings. The summed E-state index contributed by atoms with van der Waals surface area (Å²) in [5.41, 5.74) is 0. The lowest BCUT2D eigenvalue weighted by molar-refractivity contribution is -0.138. The van der Waals surface area contributed by atoms with Gasteiger partial charge in [-0.25, -0.2) is 0 Å². The number of carboxylic acids is 1. The van der Waals surface area contributed by atoms with Gasteiger partial charge in [-0.2, -0.15) is 0 Å². The first-order valence-corrected chi connectivity index (χ1v) is 5.29. The Hall–Kier alpha value is -0.690. The van der Waals surface area contributed by atoms with E-state index in [0.29, 0.717) is 26.3 Å². The molecule has 16 heavy (non-hydrogen) atoms. The Labute approximate surface area is 95.8 Å². The number of methoxy groups -OCH3 is 1. The third-order valence-electron chi connectivity index (χ3n) is 2.02. The molecule has 0 rings (SSSR count). The van der Waals surface area contributed by atoms with Crippen molar-refractivity contribution in [1.29, 1.82) is 0 Å². The Kier molecular flexibility index (Phi) is 9.12. The minimum Gasteiger partial charge on any atom is -0.480 e.